The smallest absolute Gasteiger partial charge is 0.281 e. The zero-order chi connectivity index (χ0) is 11.5. The molecule has 1 saturated heterocycles. The third-order valence-corrected chi connectivity index (χ3v) is 4.63. The van der Waals surface area contributed by atoms with E-state index in [9.17, 15) is 13.5 Å². The van der Waals surface area contributed by atoms with Crippen molar-refractivity contribution in [1.29, 1.82) is 0 Å². The van der Waals surface area contributed by atoms with Crippen LogP contribution >= 0.6 is 0 Å². The molecular weight excluding hydrogens is 216 g/mol. The minimum atomic E-state index is -3.34. The van der Waals surface area contributed by atoms with Gasteiger partial charge in [-0.25, -0.2) is 0 Å². The summed E-state index contributed by atoms with van der Waals surface area (Å²) in [5, 5.41) is 9.30. The van der Waals surface area contributed by atoms with Gasteiger partial charge >= 0.3 is 0 Å². The van der Waals surface area contributed by atoms with E-state index in [0.29, 0.717) is 19.5 Å². The lowest BCUT2D eigenvalue weighted by atomic mass is 10.3. The molecule has 1 atom stereocenters. The first kappa shape index (κ1) is 12.9. The molecule has 15 heavy (non-hydrogen) atoms. The number of nitrogens with zero attached hydrogens (tertiary/aromatic N) is 2. The number of hydrogen-bond acceptors (Lipinski definition) is 3. The number of aliphatic hydroxyl groups excluding tert-OH is 1. The molecule has 0 aromatic rings. The third kappa shape index (κ3) is 3.14. The van der Waals surface area contributed by atoms with Crippen molar-refractivity contribution in [2.75, 3.05) is 26.7 Å². The Labute approximate surface area is 91.9 Å². The highest BCUT2D eigenvalue weighted by molar-refractivity contribution is 7.86. The van der Waals surface area contributed by atoms with Gasteiger partial charge in [-0.15, -0.1) is 0 Å². The van der Waals surface area contributed by atoms with E-state index in [1.165, 1.54) is 8.61 Å². The van der Waals surface area contributed by atoms with Crippen LogP contribution < -0.4 is 0 Å². The van der Waals surface area contributed by atoms with E-state index in [-0.39, 0.29) is 6.54 Å². The van der Waals surface area contributed by atoms with Crippen LogP contribution in [0, 0.1) is 0 Å². The second-order valence-electron chi connectivity index (χ2n) is 3.98. The van der Waals surface area contributed by atoms with Crippen molar-refractivity contribution in [3.63, 3.8) is 0 Å². The molecule has 0 aliphatic carbocycles. The summed E-state index contributed by atoms with van der Waals surface area (Å²) in [5.74, 6) is 0. The van der Waals surface area contributed by atoms with Gasteiger partial charge in [-0.2, -0.15) is 17.0 Å². The Bertz CT molecular complexity index is 292. The lowest BCUT2D eigenvalue weighted by Crippen LogP contribution is -2.41. The van der Waals surface area contributed by atoms with E-state index in [1.54, 1.807) is 7.05 Å². The van der Waals surface area contributed by atoms with Crippen LogP contribution in [0.4, 0.5) is 0 Å². The van der Waals surface area contributed by atoms with Crippen molar-refractivity contribution in [3.8, 4) is 0 Å². The maximum absolute atomic E-state index is 11.9. The predicted octanol–water partition coefficient (Wildman–Crippen LogP) is 0.0297. The van der Waals surface area contributed by atoms with Crippen LogP contribution in [0.3, 0.4) is 0 Å². The summed E-state index contributed by atoms with van der Waals surface area (Å²) in [6.45, 7) is 3.24. The molecule has 6 heteroatoms. The molecule has 5 nitrogen and oxygen atoms in total. The lowest BCUT2D eigenvalue weighted by molar-refractivity contribution is 0.188. The highest BCUT2D eigenvalue weighted by Gasteiger charge is 2.32. The van der Waals surface area contributed by atoms with Gasteiger partial charge < -0.3 is 5.11 Å². The molecule has 0 aromatic heterocycles. The highest BCUT2D eigenvalue weighted by atomic mass is 32.2. The van der Waals surface area contributed by atoms with Crippen molar-refractivity contribution in [2.45, 2.75) is 32.3 Å². The zero-order valence-corrected chi connectivity index (χ0v) is 10.2. The van der Waals surface area contributed by atoms with Crippen molar-refractivity contribution < 1.29 is 13.5 Å². The van der Waals surface area contributed by atoms with Gasteiger partial charge in [0.1, 0.15) is 0 Å². The second-order valence-corrected chi connectivity index (χ2v) is 6.02. The zero-order valence-electron chi connectivity index (χ0n) is 9.39. The molecule has 0 aromatic carbocycles. The molecular formula is C9H20N2O3S. The Hall–Kier alpha value is -0.170. The predicted molar refractivity (Wildman–Crippen MR) is 58.7 cm³/mol. The van der Waals surface area contributed by atoms with Crippen molar-refractivity contribution >= 4 is 10.2 Å². The molecule has 1 fully saturated rings. The standard InChI is InChI=1S/C9H20N2O3S/c1-3-4-6-10(2)15(13,14)11-7-5-9(12)8-11/h9,12H,3-8H2,1-2H3/t9-/m1/s1. The van der Waals surface area contributed by atoms with Gasteiger partial charge in [-0.05, 0) is 12.8 Å². The Kier molecular flexibility index (Phi) is 4.51. The molecule has 90 valence electrons. The van der Waals surface area contributed by atoms with Crippen LogP contribution in [0.1, 0.15) is 26.2 Å². The van der Waals surface area contributed by atoms with Gasteiger partial charge in [0.2, 0.25) is 0 Å². The summed E-state index contributed by atoms with van der Waals surface area (Å²) >= 11 is 0. The molecule has 0 unspecified atom stereocenters. The monoisotopic (exact) mass is 236 g/mol. The van der Waals surface area contributed by atoms with Crippen LogP contribution in [0.5, 0.6) is 0 Å². The molecule has 1 rings (SSSR count). The maximum atomic E-state index is 11.9. The Morgan fingerprint density at radius 3 is 2.67 bits per heavy atom. The van der Waals surface area contributed by atoms with Crippen molar-refractivity contribution in [3.05, 3.63) is 0 Å². The summed E-state index contributed by atoms with van der Waals surface area (Å²) in [6, 6.07) is 0. The fraction of sp³-hybridized carbons (Fsp3) is 1.00. The van der Waals surface area contributed by atoms with Crippen LogP contribution in [-0.4, -0.2) is 54.9 Å². The maximum Gasteiger partial charge on any atom is 0.281 e. The first-order valence-corrected chi connectivity index (χ1v) is 6.77. The Balaban J connectivity index is 2.57. The lowest BCUT2D eigenvalue weighted by Gasteiger charge is -2.23. The number of rotatable bonds is 5. The summed E-state index contributed by atoms with van der Waals surface area (Å²) < 4.78 is 26.6. The topological polar surface area (TPSA) is 60.9 Å². The molecule has 0 saturated carbocycles. The summed E-state index contributed by atoms with van der Waals surface area (Å²) in [7, 11) is -1.74. The van der Waals surface area contributed by atoms with E-state index < -0.39 is 16.3 Å². The summed E-state index contributed by atoms with van der Waals surface area (Å²) in [6.07, 6.45) is 1.88. The summed E-state index contributed by atoms with van der Waals surface area (Å²) in [4.78, 5) is 0. The molecule has 0 amide bonds. The van der Waals surface area contributed by atoms with Gasteiger partial charge in [0.25, 0.3) is 10.2 Å². The largest absolute Gasteiger partial charge is 0.392 e. The number of β-amino-alcohol motifs (C(OH)–C–C–N with tert-alkyl or cyclic N) is 1. The molecule has 0 spiro atoms. The van der Waals surface area contributed by atoms with Crippen molar-refractivity contribution in [2.24, 2.45) is 0 Å². The Morgan fingerprint density at radius 1 is 1.53 bits per heavy atom. The first-order chi connectivity index (χ1) is 6.98. The number of aliphatic hydroxyl groups is 1. The fourth-order valence-electron chi connectivity index (χ4n) is 1.61. The summed E-state index contributed by atoms with van der Waals surface area (Å²) in [5.41, 5.74) is 0. The van der Waals surface area contributed by atoms with Crippen LogP contribution in [0.25, 0.3) is 0 Å². The minimum Gasteiger partial charge on any atom is -0.392 e. The molecule has 1 aliphatic rings. The van der Waals surface area contributed by atoms with Crippen LogP contribution in [0.15, 0.2) is 0 Å². The minimum absolute atomic E-state index is 0.235. The van der Waals surface area contributed by atoms with E-state index in [1.807, 2.05) is 6.92 Å². The molecule has 1 aliphatic heterocycles. The second kappa shape index (κ2) is 5.25. The van der Waals surface area contributed by atoms with E-state index in [4.69, 9.17) is 0 Å². The van der Waals surface area contributed by atoms with E-state index in [2.05, 4.69) is 0 Å². The van der Waals surface area contributed by atoms with Gasteiger partial charge in [0.05, 0.1) is 6.10 Å². The van der Waals surface area contributed by atoms with Gasteiger partial charge in [-0.3, -0.25) is 0 Å². The van der Waals surface area contributed by atoms with Gasteiger partial charge in [0, 0.05) is 26.7 Å². The quantitative estimate of drug-likeness (QED) is 0.732. The average Bonchev–Trinajstić information content (AvgIpc) is 2.61. The third-order valence-electron chi connectivity index (χ3n) is 2.67. The normalized spacial score (nSPS) is 23.9. The van der Waals surface area contributed by atoms with Gasteiger partial charge in [-0.1, -0.05) is 13.3 Å². The SMILES string of the molecule is CCCCN(C)S(=O)(=O)N1CC[C@@H](O)C1. The number of hydrogen-bond donors (Lipinski definition) is 1. The van der Waals surface area contributed by atoms with Crippen LogP contribution in [-0.2, 0) is 10.2 Å². The van der Waals surface area contributed by atoms with E-state index in [0.717, 1.165) is 12.8 Å². The first-order valence-electron chi connectivity index (χ1n) is 5.38. The molecule has 0 radical (unpaired) electrons. The van der Waals surface area contributed by atoms with Crippen molar-refractivity contribution in [1.82, 2.24) is 8.61 Å². The van der Waals surface area contributed by atoms with Crippen LogP contribution in [0.2, 0.25) is 0 Å². The molecule has 0 bridgehead atoms. The molecule has 1 heterocycles. The Morgan fingerprint density at radius 2 is 2.20 bits per heavy atom. The highest BCUT2D eigenvalue weighted by Crippen LogP contribution is 2.16. The fourth-order valence-corrected chi connectivity index (χ4v) is 3.06. The number of unbranched alkanes of at least 4 members (excludes halogenated alkanes) is 1. The van der Waals surface area contributed by atoms with E-state index >= 15 is 0 Å². The average molecular weight is 236 g/mol. The van der Waals surface area contributed by atoms with Gasteiger partial charge in [0.15, 0.2) is 0 Å². The molecule has 1 N–H and O–H groups in total.